The standard InChI is InChI=1S/C21H20N4O3/c1-14-22-8-10-25(14)11-9-23-20(26)15-6-7-18-19(13-15)28-21(24-18)16-4-3-5-17(12-16)27-2/h3-8,10,12-13H,9,11H2,1-2H3,(H,23,26). The van der Waals surface area contributed by atoms with E-state index in [1.807, 2.05) is 42.0 Å². The minimum absolute atomic E-state index is 0.154. The number of ether oxygens (including phenoxy) is 1. The normalized spacial score (nSPS) is 10.9. The number of carbonyl (C=O) groups excluding carboxylic acids is 1. The monoisotopic (exact) mass is 376 g/mol. The van der Waals surface area contributed by atoms with Crippen LogP contribution in [-0.2, 0) is 6.54 Å². The molecule has 0 aliphatic heterocycles. The molecule has 7 nitrogen and oxygen atoms in total. The molecular formula is C21H20N4O3. The van der Waals surface area contributed by atoms with Crippen LogP contribution in [0.25, 0.3) is 22.6 Å². The third kappa shape index (κ3) is 3.59. The number of fused-ring (bicyclic) bond motifs is 1. The molecule has 4 rings (SSSR count). The SMILES string of the molecule is COc1cccc(-c2nc3ccc(C(=O)NCCn4ccnc4C)cc3o2)c1. The lowest BCUT2D eigenvalue weighted by Crippen LogP contribution is -2.27. The minimum atomic E-state index is -0.154. The summed E-state index contributed by atoms with van der Waals surface area (Å²) in [5.41, 5.74) is 2.61. The molecule has 0 radical (unpaired) electrons. The fourth-order valence-corrected chi connectivity index (χ4v) is 2.98. The van der Waals surface area contributed by atoms with E-state index in [0.717, 1.165) is 17.1 Å². The lowest BCUT2D eigenvalue weighted by atomic mass is 10.2. The van der Waals surface area contributed by atoms with E-state index >= 15 is 0 Å². The lowest BCUT2D eigenvalue weighted by Gasteiger charge is -2.07. The molecule has 0 fully saturated rings. The Balaban J connectivity index is 1.49. The van der Waals surface area contributed by atoms with Crippen molar-refractivity contribution >= 4 is 17.0 Å². The summed E-state index contributed by atoms with van der Waals surface area (Å²) in [5.74, 6) is 1.98. The van der Waals surface area contributed by atoms with Gasteiger partial charge in [0, 0.05) is 36.6 Å². The number of nitrogens with one attached hydrogen (secondary N) is 1. The lowest BCUT2D eigenvalue weighted by molar-refractivity contribution is 0.0952. The van der Waals surface area contributed by atoms with E-state index < -0.39 is 0 Å². The summed E-state index contributed by atoms with van der Waals surface area (Å²) in [5, 5.41) is 2.92. The summed E-state index contributed by atoms with van der Waals surface area (Å²) in [6.45, 7) is 3.11. The minimum Gasteiger partial charge on any atom is -0.497 e. The van der Waals surface area contributed by atoms with Gasteiger partial charge in [-0.2, -0.15) is 0 Å². The zero-order valence-electron chi connectivity index (χ0n) is 15.7. The molecule has 4 aromatic rings. The number of methoxy groups -OCH3 is 1. The number of oxazole rings is 1. The Hall–Kier alpha value is -3.61. The quantitative estimate of drug-likeness (QED) is 0.557. The van der Waals surface area contributed by atoms with Gasteiger partial charge >= 0.3 is 0 Å². The highest BCUT2D eigenvalue weighted by molar-refractivity contribution is 5.97. The van der Waals surface area contributed by atoms with E-state index in [2.05, 4.69) is 15.3 Å². The van der Waals surface area contributed by atoms with Gasteiger partial charge < -0.3 is 19.0 Å². The van der Waals surface area contributed by atoms with Crippen LogP contribution < -0.4 is 10.1 Å². The van der Waals surface area contributed by atoms with E-state index in [1.165, 1.54) is 0 Å². The number of hydrogen-bond donors (Lipinski definition) is 1. The number of amides is 1. The largest absolute Gasteiger partial charge is 0.497 e. The highest BCUT2D eigenvalue weighted by atomic mass is 16.5. The highest BCUT2D eigenvalue weighted by Crippen LogP contribution is 2.27. The zero-order chi connectivity index (χ0) is 19.5. The number of carbonyl (C=O) groups is 1. The molecule has 0 spiro atoms. The maximum atomic E-state index is 12.4. The summed E-state index contributed by atoms with van der Waals surface area (Å²) in [6.07, 6.45) is 3.64. The second-order valence-corrected chi connectivity index (χ2v) is 6.36. The summed E-state index contributed by atoms with van der Waals surface area (Å²) in [6, 6.07) is 12.7. The molecule has 0 aliphatic rings. The van der Waals surface area contributed by atoms with Gasteiger partial charge in [0.1, 0.15) is 17.1 Å². The third-order valence-corrected chi connectivity index (χ3v) is 4.53. The van der Waals surface area contributed by atoms with Crippen LogP contribution in [0.2, 0.25) is 0 Å². The molecule has 7 heteroatoms. The topological polar surface area (TPSA) is 82.2 Å². The van der Waals surface area contributed by atoms with E-state index in [9.17, 15) is 4.79 Å². The van der Waals surface area contributed by atoms with Crippen LogP contribution >= 0.6 is 0 Å². The maximum absolute atomic E-state index is 12.4. The maximum Gasteiger partial charge on any atom is 0.251 e. The van der Waals surface area contributed by atoms with Gasteiger partial charge in [0.15, 0.2) is 5.58 Å². The van der Waals surface area contributed by atoms with E-state index in [0.29, 0.717) is 35.6 Å². The summed E-state index contributed by atoms with van der Waals surface area (Å²) in [4.78, 5) is 21.1. The molecule has 0 unspecified atom stereocenters. The Labute approximate surface area is 162 Å². The third-order valence-electron chi connectivity index (χ3n) is 4.53. The first-order chi connectivity index (χ1) is 13.6. The van der Waals surface area contributed by atoms with Crippen molar-refractivity contribution in [3.63, 3.8) is 0 Å². The molecule has 0 aliphatic carbocycles. The van der Waals surface area contributed by atoms with Crippen LogP contribution in [0.5, 0.6) is 5.75 Å². The first-order valence-electron chi connectivity index (χ1n) is 8.95. The van der Waals surface area contributed by atoms with Crippen molar-refractivity contribution in [2.24, 2.45) is 0 Å². The van der Waals surface area contributed by atoms with Gasteiger partial charge in [0.25, 0.3) is 5.91 Å². The Morgan fingerprint density at radius 2 is 2.14 bits per heavy atom. The fraction of sp³-hybridized carbons (Fsp3) is 0.190. The van der Waals surface area contributed by atoms with Gasteiger partial charge in [-0.3, -0.25) is 4.79 Å². The molecule has 2 aromatic carbocycles. The van der Waals surface area contributed by atoms with Crippen LogP contribution in [0.4, 0.5) is 0 Å². The first-order valence-corrected chi connectivity index (χ1v) is 8.95. The number of aromatic nitrogens is 3. The smallest absolute Gasteiger partial charge is 0.251 e. The van der Waals surface area contributed by atoms with Gasteiger partial charge in [0.2, 0.25) is 5.89 Å². The molecule has 0 atom stereocenters. The number of hydrogen-bond acceptors (Lipinski definition) is 5. The number of rotatable bonds is 6. The Kier molecular flexibility index (Phi) is 4.80. The van der Waals surface area contributed by atoms with Gasteiger partial charge in [-0.15, -0.1) is 0 Å². The number of imidazole rings is 1. The van der Waals surface area contributed by atoms with Gasteiger partial charge in [0.05, 0.1) is 7.11 Å². The second-order valence-electron chi connectivity index (χ2n) is 6.36. The molecule has 1 amide bonds. The second kappa shape index (κ2) is 7.56. The number of nitrogens with zero attached hydrogens (tertiary/aromatic N) is 3. The number of aryl methyl sites for hydroxylation is 1. The Morgan fingerprint density at radius 3 is 2.93 bits per heavy atom. The predicted molar refractivity (Wildman–Crippen MR) is 105 cm³/mol. The molecule has 142 valence electrons. The van der Waals surface area contributed by atoms with Gasteiger partial charge in [-0.25, -0.2) is 9.97 Å². The Bertz CT molecular complexity index is 1130. The fourth-order valence-electron chi connectivity index (χ4n) is 2.98. The van der Waals surface area contributed by atoms with E-state index in [1.54, 1.807) is 31.5 Å². The van der Waals surface area contributed by atoms with Gasteiger partial charge in [-0.05, 0) is 43.3 Å². The summed E-state index contributed by atoms with van der Waals surface area (Å²) >= 11 is 0. The van der Waals surface area contributed by atoms with Crippen molar-refractivity contribution in [1.82, 2.24) is 19.9 Å². The molecular weight excluding hydrogens is 356 g/mol. The van der Waals surface area contributed by atoms with Crippen LogP contribution in [-0.4, -0.2) is 34.1 Å². The van der Waals surface area contributed by atoms with Crippen molar-refractivity contribution in [2.75, 3.05) is 13.7 Å². The molecule has 2 aromatic heterocycles. The van der Waals surface area contributed by atoms with Crippen LogP contribution in [0.1, 0.15) is 16.2 Å². The van der Waals surface area contributed by atoms with E-state index in [4.69, 9.17) is 9.15 Å². The molecule has 1 N–H and O–H groups in total. The van der Waals surface area contributed by atoms with Crippen LogP contribution in [0.15, 0.2) is 59.3 Å². The van der Waals surface area contributed by atoms with Crippen molar-refractivity contribution < 1.29 is 13.9 Å². The Morgan fingerprint density at radius 1 is 1.25 bits per heavy atom. The van der Waals surface area contributed by atoms with Crippen molar-refractivity contribution in [3.05, 3.63) is 66.2 Å². The summed E-state index contributed by atoms with van der Waals surface area (Å²) in [7, 11) is 1.62. The van der Waals surface area contributed by atoms with Crippen LogP contribution in [0.3, 0.4) is 0 Å². The number of benzene rings is 2. The first kappa shape index (κ1) is 17.8. The van der Waals surface area contributed by atoms with Gasteiger partial charge in [-0.1, -0.05) is 6.07 Å². The molecule has 0 bridgehead atoms. The molecule has 28 heavy (non-hydrogen) atoms. The van der Waals surface area contributed by atoms with Crippen LogP contribution in [0, 0.1) is 6.92 Å². The van der Waals surface area contributed by atoms with E-state index in [-0.39, 0.29) is 5.91 Å². The summed E-state index contributed by atoms with van der Waals surface area (Å²) < 4.78 is 13.1. The van der Waals surface area contributed by atoms with Crippen molar-refractivity contribution in [2.45, 2.75) is 13.5 Å². The average Bonchev–Trinajstić information content (AvgIpc) is 3.33. The van der Waals surface area contributed by atoms with Crippen molar-refractivity contribution in [3.8, 4) is 17.2 Å². The highest BCUT2D eigenvalue weighted by Gasteiger charge is 2.12. The molecule has 2 heterocycles. The zero-order valence-corrected chi connectivity index (χ0v) is 15.7. The predicted octanol–water partition coefficient (Wildman–Crippen LogP) is 3.44. The van der Waals surface area contributed by atoms with Crippen molar-refractivity contribution in [1.29, 1.82) is 0 Å². The molecule has 0 saturated carbocycles. The average molecular weight is 376 g/mol. The molecule has 0 saturated heterocycles.